The molecule has 1 aliphatic heterocycles. The summed E-state index contributed by atoms with van der Waals surface area (Å²) in [4.78, 5) is 15.0. The predicted octanol–water partition coefficient (Wildman–Crippen LogP) is 3.48. The number of hydrogen-bond donors (Lipinski definition) is 1. The number of nitrogens with zero attached hydrogens (tertiary/aromatic N) is 1. The molecule has 1 N–H and O–H groups in total. The zero-order valence-corrected chi connectivity index (χ0v) is 14.9. The Bertz CT molecular complexity index is 738. The number of para-hydroxylation sites is 1. The van der Waals surface area contributed by atoms with Crippen LogP contribution in [-0.4, -0.2) is 32.7 Å². The minimum Gasteiger partial charge on any atom is -0.497 e. The fourth-order valence-electron chi connectivity index (χ4n) is 3.23. The molecule has 0 fully saturated rings. The summed E-state index contributed by atoms with van der Waals surface area (Å²) in [5.74, 6) is 1.24. The molecule has 132 valence electrons. The van der Waals surface area contributed by atoms with E-state index in [9.17, 15) is 4.79 Å². The summed E-state index contributed by atoms with van der Waals surface area (Å²) in [6.07, 6.45) is 2.12. The lowest BCUT2D eigenvalue weighted by atomic mass is 10.00. The molecule has 1 amide bonds. The van der Waals surface area contributed by atoms with Crippen LogP contribution in [0.5, 0.6) is 11.5 Å². The van der Waals surface area contributed by atoms with E-state index in [0.717, 1.165) is 25.1 Å². The summed E-state index contributed by atoms with van der Waals surface area (Å²) in [7, 11) is 3.18. The van der Waals surface area contributed by atoms with Crippen LogP contribution in [-0.2, 0) is 11.2 Å². The zero-order chi connectivity index (χ0) is 17.8. The molecule has 0 spiro atoms. The van der Waals surface area contributed by atoms with Crippen LogP contribution in [0, 0.1) is 0 Å². The summed E-state index contributed by atoms with van der Waals surface area (Å²) in [6.45, 7) is 2.82. The lowest BCUT2D eigenvalue weighted by molar-refractivity contribution is -0.117. The number of carbonyl (C=O) groups excluding carboxylic acids is 1. The Morgan fingerprint density at radius 1 is 1.12 bits per heavy atom. The number of methoxy groups -OCH3 is 2. The van der Waals surface area contributed by atoms with Crippen molar-refractivity contribution < 1.29 is 14.3 Å². The molecule has 0 aliphatic carbocycles. The lowest BCUT2D eigenvalue weighted by Crippen LogP contribution is -2.44. The van der Waals surface area contributed by atoms with Crippen LogP contribution in [0.3, 0.4) is 0 Å². The number of benzene rings is 2. The van der Waals surface area contributed by atoms with Crippen molar-refractivity contribution in [1.82, 2.24) is 0 Å². The van der Waals surface area contributed by atoms with E-state index >= 15 is 0 Å². The molecule has 25 heavy (non-hydrogen) atoms. The van der Waals surface area contributed by atoms with Gasteiger partial charge in [0.05, 0.1) is 14.2 Å². The smallest absolute Gasteiger partial charge is 0.246 e. The van der Waals surface area contributed by atoms with Gasteiger partial charge < -0.3 is 19.7 Å². The first-order chi connectivity index (χ1) is 12.1. The first kappa shape index (κ1) is 17.1. The van der Waals surface area contributed by atoms with Gasteiger partial charge in [0.1, 0.15) is 17.5 Å². The number of aryl methyl sites for hydroxylation is 1. The van der Waals surface area contributed by atoms with Crippen LogP contribution in [0.1, 0.15) is 18.9 Å². The third kappa shape index (κ3) is 3.71. The van der Waals surface area contributed by atoms with E-state index < -0.39 is 0 Å². The second kappa shape index (κ2) is 7.47. The number of hydrogen-bond acceptors (Lipinski definition) is 4. The summed E-state index contributed by atoms with van der Waals surface area (Å²) in [6, 6.07) is 13.4. The van der Waals surface area contributed by atoms with Gasteiger partial charge in [0.15, 0.2) is 0 Å². The second-order valence-electron chi connectivity index (χ2n) is 6.19. The van der Waals surface area contributed by atoms with Gasteiger partial charge in [-0.15, -0.1) is 0 Å². The Hall–Kier alpha value is -2.69. The highest BCUT2D eigenvalue weighted by Crippen LogP contribution is 2.29. The topological polar surface area (TPSA) is 50.8 Å². The maximum atomic E-state index is 12.8. The quantitative estimate of drug-likeness (QED) is 0.905. The van der Waals surface area contributed by atoms with E-state index in [0.29, 0.717) is 17.2 Å². The number of carbonyl (C=O) groups is 1. The fraction of sp³-hybridized carbons (Fsp3) is 0.350. The predicted molar refractivity (Wildman–Crippen MR) is 99.7 cm³/mol. The molecule has 0 saturated heterocycles. The molecule has 3 rings (SSSR count). The number of ether oxygens (including phenoxy) is 2. The largest absolute Gasteiger partial charge is 0.497 e. The monoisotopic (exact) mass is 340 g/mol. The van der Waals surface area contributed by atoms with E-state index in [1.807, 2.05) is 13.0 Å². The molecule has 2 aromatic carbocycles. The van der Waals surface area contributed by atoms with E-state index in [-0.39, 0.29) is 11.9 Å². The third-order valence-corrected chi connectivity index (χ3v) is 4.61. The van der Waals surface area contributed by atoms with Gasteiger partial charge >= 0.3 is 0 Å². The SMILES string of the molecule is COc1cc(NC(=O)C(C)N2CCCc3ccccc32)cc(OC)c1. The molecular formula is C20H24N2O3. The molecule has 1 heterocycles. The van der Waals surface area contributed by atoms with Crippen LogP contribution >= 0.6 is 0 Å². The Labute approximate surface area is 148 Å². The van der Waals surface area contributed by atoms with E-state index in [1.165, 1.54) is 5.56 Å². The highest BCUT2D eigenvalue weighted by Gasteiger charge is 2.26. The zero-order valence-electron chi connectivity index (χ0n) is 14.9. The average Bonchev–Trinajstić information content (AvgIpc) is 2.66. The molecular weight excluding hydrogens is 316 g/mol. The van der Waals surface area contributed by atoms with Gasteiger partial charge in [0, 0.05) is 36.1 Å². The molecule has 1 atom stereocenters. The maximum Gasteiger partial charge on any atom is 0.246 e. The molecule has 1 unspecified atom stereocenters. The summed E-state index contributed by atoms with van der Waals surface area (Å²) < 4.78 is 10.5. The maximum absolute atomic E-state index is 12.8. The number of anilines is 2. The van der Waals surface area contributed by atoms with E-state index in [2.05, 4.69) is 28.4 Å². The molecule has 0 saturated carbocycles. The van der Waals surface area contributed by atoms with Gasteiger partial charge in [-0.05, 0) is 31.4 Å². The lowest BCUT2D eigenvalue weighted by Gasteiger charge is -2.35. The van der Waals surface area contributed by atoms with Crippen molar-refractivity contribution in [2.45, 2.75) is 25.8 Å². The van der Waals surface area contributed by atoms with Gasteiger partial charge in [-0.1, -0.05) is 18.2 Å². The molecule has 5 nitrogen and oxygen atoms in total. The van der Waals surface area contributed by atoms with E-state index in [1.54, 1.807) is 32.4 Å². The van der Waals surface area contributed by atoms with Gasteiger partial charge in [0.25, 0.3) is 0 Å². The molecule has 5 heteroatoms. The van der Waals surface area contributed by atoms with Crippen molar-refractivity contribution in [2.24, 2.45) is 0 Å². The Balaban J connectivity index is 1.78. The first-order valence-electron chi connectivity index (χ1n) is 8.51. The number of nitrogens with one attached hydrogen (secondary N) is 1. The summed E-state index contributed by atoms with van der Waals surface area (Å²) in [5, 5.41) is 2.98. The van der Waals surface area contributed by atoms with Gasteiger partial charge in [-0.2, -0.15) is 0 Å². The molecule has 0 aromatic heterocycles. The molecule has 0 radical (unpaired) electrons. The highest BCUT2D eigenvalue weighted by atomic mass is 16.5. The van der Waals surface area contributed by atoms with Crippen LogP contribution < -0.4 is 19.7 Å². The Morgan fingerprint density at radius 3 is 2.48 bits per heavy atom. The van der Waals surface area contributed by atoms with Crippen LogP contribution in [0.15, 0.2) is 42.5 Å². The number of amides is 1. The van der Waals surface area contributed by atoms with Crippen molar-refractivity contribution >= 4 is 17.3 Å². The van der Waals surface area contributed by atoms with Crippen LogP contribution in [0.2, 0.25) is 0 Å². The fourth-order valence-corrected chi connectivity index (χ4v) is 3.23. The Morgan fingerprint density at radius 2 is 1.80 bits per heavy atom. The summed E-state index contributed by atoms with van der Waals surface area (Å²) >= 11 is 0. The number of rotatable bonds is 5. The second-order valence-corrected chi connectivity index (χ2v) is 6.19. The third-order valence-electron chi connectivity index (χ3n) is 4.61. The summed E-state index contributed by atoms with van der Waals surface area (Å²) in [5.41, 5.74) is 3.12. The van der Waals surface area contributed by atoms with Crippen LogP contribution in [0.4, 0.5) is 11.4 Å². The van der Waals surface area contributed by atoms with Crippen molar-refractivity contribution in [3.05, 3.63) is 48.0 Å². The van der Waals surface area contributed by atoms with Crippen molar-refractivity contribution in [2.75, 3.05) is 31.0 Å². The Kier molecular flexibility index (Phi) is 5.12. The molecule has 1 aliphatic rings. The highest BCUT2D eigenvalue weighted by molar-refractivity contribution is 5.97. The molecule has 0 bridgehead atoms. The first-order valence-corrected chi connectivity index (χ1v) is 8.51. The van der Waals surface area contributed by atoms with Crippen molar-refractivity contribution in [1.29, 1.82) is 0 Å². The number of fused-ring (bicyclic) bond motifs is 1. The van der Waals surface area contributed by atoms with Gasteiger partial charge in [0.2, 0.25) is 5.91 Å². The van der Waals surface area contributed by atoms with Crippen molar-refractivity contribution in [3.63, 3.8) is 0 Å². The average molecular weight is 340 g/mol. The van der Waals surface area contributed by atoms with Crippen molar-refractivity contribution in [3.8, 4) is 11.5 Å². The minimum absolute atomic E-state index is 0.0491. The standard InChI is InChI=1S/C20H24N2O3/c1-14(22-10-6-8-15-7-4-5-9-19(15)22)20(23)21-16-11-17(24-2)13-18(12-16)25-3/h4-5,7,9,11-14H,6,8,10H2,1-3H3,(H,21,23). The van der Waals surface area contributed by atoms with E-state index in [4.69, 9.17) is 9.47 Å². The minimum atomic E-state index is -0.265. The van der Waals surface area contributed by atoms with Crippen LogP contribution in [0.25, 0.3) is 0 Å². The normalized spacial score (nSPS) is 14.4. The van der Waals surface area contributed by atoms with Gasteiger partial charge in [-0.25, -0.2) is 0 Å². The van der Waals surface area contributed by atoms with Gasteiger partial charge in [-0.3, -0.25) is 4.79 Å². The molecule has 2 aromatic rings.